The predicted octanol–water partition coefficient (Wildman–Crippen LogP) is 4.49. The summed E-state index contributed by atoms with van der Waals surface area (Å²) in [6.07, 6.45) is 2.39. The van der Waals surface area contributed by atoms with E-state index in [2.05, 4.69) is 34.4 Å². The molecule has 1 aromatic heterocycles. The fourth-order valence-electron chi connectivity index (χ4n) is 1.84. The van der Waals surface area contributed by atoms with Crippen molar-refractivity contribution < 1.29 is 4.79 Å². The van der Waals surface area contributed by atoms with Gasteiger partial charge < -0.3 is 10.6 Å². The highest BCUT2D eigenvalue weighted by Gasteiger charge is 2.10. The number of aromatic nitrogens is 2. The molecule has 0 atom stereocenters. The first-order valence-corrected chi connectivity index (χ1v) is 8.03. The Morgan fingerprint density at radius 2 is 1.96 bits per heavy atom. The molecule has 0 aliphatic rings. The number of hydrogen-bond donors (Lipinski definition) is 2. The van der Waals surface area contributed by atoms with E-state index in [0.29, 0.717) is 27.5 Å². The number of benzene rings is 1. The number of hydrogen-bond acceptors (Lipinski definition) is 4. The Bertz CT molecular complexity index is 692. The van der Waals surface area contributed by atoms with Gasteiger partial charge >= 0.3 is 0 Å². The van der Waals surface area contributed by atoms with Crippen LogP contribution in [0.2, 0.25) is 10.0 Å². The maximum atomic E-state index is 12.2. The van der Waals surface area contributed by atoms with Crippen molar-refractivity contribution >= 4 is 40.6 Å². The van der Waals surface area contributed by atoms with E-state index in [-0.39, 0.29) is 11.6 Å². The molecule has 0 radical (unpaired) electrons. The van der Waals surface area contributed by atoms with Crippen molar-refractivity contribution in [2.24, 2.45) is 5.92 Å². The first-order valence-electron chi connectivity index (χ1n) is 7.28. The van der Waals surface area contributed by atoms with Crippen LogP contribution < -0.4 is 10.6 Å². The third-order valence-electron chi connectivity index (χ3n) is 3.10. The highest BCUT2D eigenvalue weighted by molar-refractivity contribution is 6.42. The van der Waals surface area contributed by atoms with Gasteiger partial charge in [0.2, 0.25) is 0 Å². The normalized spacial score (nSPS) is 10.7. The molecule has 0 unspecified atom stereocenters. The lowest BCUT2D eigenvalue weighted by Crippen LogP contribution is -2.15. The van der Waals surface area contributed by atoms with E-state index in [9.17, 15) is 4.79 Å². The Labute approximate surface area is 145 Å². The standard InChI is InChI=1S/C16H18Cl2N4O/c1-10(2)5-6-19-15-8-14(20-9-21-15)16(23)22-11-3-4-12(17)13(18)7-11/h3-4,7-10H,5-6H2,1-2H3,(H,22,23)(H,19,20,21). The van der Waals surface area contributed by atoms with Gasteiger partial charge in [-0.3, -0.25) is 4.79 Å². The van der Waals surface area contributed by atoms with Gasteiger partial charge in [-0.05, 0) is 30.5 Å². The lowest BCUT2D eigenvalue weighted by molar-refractivity contribution is 0.102. The molecular formula is C16H18Cl2N4O. The van der Waals surface area contributed by atoms with Crippen LogP contribution in [0.15, 0.2) is 30.6 Å². The molecule has 5 nitrogen and oxygen atoms in total. The molecule has 0 aliphatic carbocycles. The van der Waals surface area contributed by atoms with Crippen molar-refractivity contribution in [2.45, 2.75) is 20.3 Å². The van der Waals surface area contributed by atoms with Crippen LogP contribution in [0.4, 0.5) is 11.5 Å². The molecule has 23 heavy (non-hydrogen) atoms. The molecule has 0 saturated heterocycles. The van der Waals surface area contributed by atoms with E-state index in [1.54, 1.807) is 24.3 Å². The lowest BCUT2D eigenvalue weighted by atomic mass is 10.1. The first kappa shape index (κ1) is 17.5. The minimum absolute atomic E-state index is 0.276. The Morgan fingerprint density at radius 1 is 1.17 bits per heavy atom. The van der Waals surface area contributed by atoms with Gasteiger partial charge in [-0.2, -0.15) is 0 Å². The zero-order valence-corrected chi connectivity index (χ0v) is 14.4. The molecule has 0 aliphatic heterocycles. The maximum Gasteiger partial charge on any atom is 0.274 e. The molecule has 1 amide bonds. The minimum atomic E-state index is -0.335. The fraction of sp³-hybridized carbons (Fsp3) is 0.312. The quantitative estimate of drug-likeness (QED) is 0.803. The van der Waals surface area contributed by atoms with Gasteiger partial charge in [-0.25, -0.2) is 9.97 Å². The van der Waals surface area contributed by atoms with E-state index in [1.807, 2.05) is 0 Å². The third-order valence-corrected chi connectivity index (χ3v) is 3.84. The van der Waals surface area contributed by atoms with E-state index >= 15 is 0 Å². The van der Waals surface area contributed by atoms with Crippen LogP contribution in [0.25, 0.3) is 0 Å². The predicted molar refractivity (Wildman–Crippen MR) is 94.4 cm³/mol. The highest BCUT2D eigenvalue weighted by Crippen LogP contribution is 2.25. The Morgan fingerprint density at radius 3 is 2.65 bits per heavy atom. The van der Waals surface area contributed by atoms with Crippen LogP contribution in [0.1, 0.15) is 30.8 Å². The van der Waals surface area contributed by atoms with E-state index in [0.717, 1.165) is 13.0 Å². The van der Waals surface area contributed by atoms with Gasteiger partial charge in [0, 0.05) is 18.3 Å². The number of anilines is 2. The molecule has 7 heteroatoms. The Kier molecular flexibility index (Phi) is 6.19. The topological polar surface area (TPSA) is 66.9 Å². The van der Waals surface area contributed by atoms with Crippen LogP contribution >= 0.6 is 23.2 Å². The van der Waals surface area contributed by atoms with Crippen LogP contribution in [0, 0.1) is 5.92 Å². The fourth-order valence-corrected chi connectivity index (χ4v) is 2.13. The number of rotatable bonds is 6. The summed E-state index contributed by atoms with van der Waals surface area (Å²) in [6.45, 7) is 5.10. The monoisotopic (exact) mass is 352 g/mol. The van der Waals surface area contributed by atoms with Crippen LogP contribution in [0.3, 0.4) is 0 Å². The minimum Gasteiger partial charge on any atom is -0.370 e. The van der Waals surface area contributed by atoms with E-state index < -0.39 is 0 Å². The van der Waals surface area contributed by atoms with Crippen molar-refractivity contribution in [2.75, 3.05) is 17.2 Å². The van der Waals surface area contributed by atoms with Gasteiger partial charge in [-0.1, -0.05) is 37.0 Å². The van der Waals surface area contributed by atoms with E-state index in [1.165, 1.54) is 6.33 Å². The molecule has 1 heterocycles. The number of nitrogens with one attached hydrogen (secondary N) is 2. The summed E-state index contributed by atoms with van der Waals surface area (Å²) in [6, 6.07) is 6.51. The van der Waals surface area contributed by atoms with Gasteiger partial charge in [0.15, 0.2) is 0 Å². The Hall–Kier alpha value is -1.85. The zero-order valence-electron chi connectivity index (χ0n) is 12.9. The summed E-state index contributed by atoms with van der Waals surface area (Å²) in [7, 11) is 0. The molecule has 2 rings (SSSR count). The van der Waals surface area contributed by atoms with Crippen LogP contribution in [-0.2, 0) is 0 Å². The van der Waals surface area contributed by atoms with E-state index in [4.69, 9.17) is 23.2 Å². The van der Waals surface area contributed by atoms with Crippen molar-refractivity contribution in [1.29, 1.82) is 0 Å². The molecule has 0 fully saturated rings. The number of amides is 1. The van der Waals surface area contributed by atoms with Gasteiger partial charge in [0.25, 0.3) is 5.91 Å². The molecule has 0 spiro atoms. The van der Waals surface area contributed by atoms with Crippen LogP contribution in [0.5, 0.6) is 0 Å². The molecule has 2 aromatic rings. The average molecular weight is 353 g/mol. The molecule has 0 bridgehead atoms. The summed E-state index contributed by atoms with van der Waals surface area (Å²) in [5.74, 6) is 0.888. The van der Waals surface area contributed by atoms with Crippen molar-refractivity contribution in [1.82, 2.24) is 9.97 Å². The van der Waals surface area contributed by atoms with Crippen molar-refractivity contribution in [3.8, 4) is 0 Å². The third kappa shape index (κ3) is 5.37. The SMILES string of the molecule is CC(C)CCNc1cc(C(=O)Nc2ccc(Cl)c(Cl)c2)ncn1. The second-order valence-corrected chi connectivity index (χ2v) is 6.30. The Balaban J connectivity index is 2.02. The van der Waals surface area contributed by atoms with Gasteiger partial charge in [0.05, 0.1) is 10.0 Å². The summed E-state index contributed by atoms with van der Waals surface area (Å²) >= 11 is 11.8. The number of carbonyl (C=O) groups excluding carboxylic acids is 1. The molecular weight excluding hydrogens is 335 g/mol. The summed E-state index contributed by atoms with van der Waals surface area (Å²) in [5.41, 5.74) is 0.829. The summed E-state index contributed by atoms with van der Waals surface area (Å²) < 4.78 is 0. The maximum absolute atomic E-state index is 12.2. The van der Waals surface area contributed by atoms with Crippen LogP contribution in [-0.4, -0.2) is 22.4 Å². The largest absolute Gasteiger partial charge is 0.370 e. The first-order chi connectivity index (χ1) is 11.0. The highest BCUT2D eigenvalue weighted by atomic mass is 35.5. The average Bonchev–Trinajstić information content (AvgIpc) is 2.51. The van der Waals surface area contributed by atoms with Crippen molar-refractivity contribution in [3.63, 3.8) is 0 Å². The molecule has 2 N–H and O–H groups in total. The smallest absolute Gasteiger partial charge is 0.274 e. The molecule has 1 aromatic carbocycles. The van der Waals surface area contributed by atoms with Gasteiger partial charge in [0.1, 0.15) is 17.8 Å². The molecule has 0 saturated carbocycles. The second-order valence-electron chi connectivity index (χ2n) is 5.48. The number of halogens is 2. The molecule has 122 valence electrons. The lowest BCUT2D eigenvalue weighted by Gasteiger charge is -2.09. The number of nitrogens with zero attached hydrogens (tertiary/aromatic N) is 2. The second kappa shape index (κ2) is 8.13. The summed E-state index contributed by atoms with van der Waals surface area (Å²) in [5, 5.41) is 6.72. The summed E-state index contributed by atoms with van der Waals surface area (Å²) in [4.78, 5) is 20.3. The number of carbonyl (C=O) groups is 1. The van der Waals surface area contributed by atoms with Gasteiger partial charge in [-0.15, -0.1) is 0 Å². The zero-order chi connectivity index (χ0) is 16.8. The van der Waals surface area contributed by atoms with Crippen molar-refractivity contribution in [3.05, 3.63) is 46.3 Å².